The van der Waals surface area contributed by atoms with Crippen LogP contribution in [0.1, 0.15) is 12.8 Å². The first-order valence-corrected chi connectivity index (χ1v) is 8.65. The van der Waals surface area contributed by atoms with Crippen LogP contribution in [-0.4, -0.2) is 65.6 Å². The summed E-state index contributed by atoms with van der Waals surface area (Å²) >= 11 is 0. The van der Waals surface area contributed by atoms with E-state index in [4.69, 9.17) is 9.88 Å². The zero-order valence-corrected chi connectivity index (χ0v) is 13.8. The van der Waals surface area contributed by atoms with Gasteiger partial charge < -0.3 is 9.64 Å². The van der Waals surface area contributed by atoms with Crippen molar-refractivity contribution >= 4 is 21.7 Å². The van der Waals surface area contributed by atoms with Crippen LogP contribution in [0, 0.1) is 0 Å². The largest absolute Gasteiger partial charge is 0.480 e. The van der Waals surface area contributed by atoms with Crippen LogP contribution < -0.4 is 14.8 Å². The van der Waals surface area contributed by atoms with E-state index >= 15 is 0 Å². The highest BCUT2D eigenvalue weighted by atomic mass is 32.2. The van der Waals surface area contributed by atoms with Gasteiger partial charge in [0, 0.05) is 26.2 Å². The lowest BCUT2D eigenvalue weighted by Crippen LogP contribution is -2.47. The molecule has 0 unspecified atom stereocenters. The first kappa shape index (κ1) is 15.9. The highest BCUT2D eigenvalue weighted by molar-refractivity contribution is 7.86. The third-order valence-electron chi connectivity index (χ3n) is 4.14. The van der Waals surface area contributed by atoms with Gasteiger partial charge in [0.1, 0.15) is 6.33 Å². The number of aromatic nitrogens is 4. The number of imidazole rings is 1. The van der Waals surface area contributed by atoms with E-state index in [1.165, 1.54) is 17.7 Å². The van der Waals surface area contributed by atoms with Crippen LogP contribution in [0.4, 0.5) is 5.82 Å². The molecule has 10 nitrogen and oxygen atoms in total. The molecule has 1 saturated heterocycles. The molecule has 2 aromatic heterocycles. The third kappa shape index (κ3) is 2.94. The zero-order valence-electron chi connectivity index (χ0n) is 13.0. The van der Waals surface area contributed by atoms with Crippen LogP contribution in [0.25, 0.3) is 5.65 Å². The molecule has 23 heavy (non-hydrogen) atoms. The molecule has 2 aromatic rings. The summed E-state index contributed by atoms with van der Waals surface area (Å²) in [6, 6.07) is -0.103. The van der Waals surface area contributed by atoms with Gasteiger partial charge in [-0.25, -0.2) is 15.1 Å². The Kier molecular flexibility index (Phi) is 4.08. The maximum atomic E-state index is 11.4. The van der Waals surface area contributed by atoms with Crippen LogP contribution >= 0.6 is 0 Å². The lowest BCUT2D eigenvalue weighted by molar-refractivity contribution is 0.312. The molecule has 0 radical (unpaired) electrons. The summed E-state index contributed by atoms with van der Waals surface area (Å²) in [6.07, 6.45) is 4.38. The first-order chi connectivity index (χ1) is 10.9. The normalized spacial score (nSPS) is 17.1. The van der Waals surface area contributed by atoms with Gasteiger partial charge in [-0.3, -0.25) is 0 Å². The molecule has 3 rings (SSSR count). The predicted molar refractivity (Wildman–Crippen MR) is 83.4 cm³/mol. The molecule has 0 spiro atoms. The Labute approximate surface area is 134 Å². The summed E-state index contributed by atoms with van der Waals surface area (Å²) in [5.74, 6) is 1.24. The fraction of sp³-hybridized carbons (Fsp3) is 0.583. The van der Waals surface area contributed by atoms with Crippen molar-refractivity contribution in [2.45, 2.75) is 18.9 Å². The summed E-state index contributed by atoms with van der Waals surface area (Å²) in [5, 5.41) is 9.32. The Balaban J connectivity index is 1.79. The van der Waals surface area contributed by atoms with Crippen molar-refractivity contribution in [3.63, 3.8) is 0 Å². The molecule has 1 aliphatic heterocycles. The van der Waals surface area contributed by atoms with Crippen LogP contribution in [0.5, 0.6) is 5.88 Å². The molecule has 0 aromatic carbocycles. The van der Waals surface area contributed by atoms with Gasteiger partial charge >= 0.3 is 0 Å². The van der Waals surface area contributed by atoms with Crippen molar-refractivity contribution in [1.82, 2.24) is 23.9 Å². The second kappa shape index (κ2) is 5.91. The number of nitrogens with zero attached hydrogens (tertiary/aromatic N) is 6. The van der Waals surface area contributed by atoms with Gasteiger partial charge in [0.15, 0.2) is 5.82 Å². The summed E-state index contributed by atoms with van der Waals surface area (Å²) < 4.78 is 30.9. The quantitative estimate of drug-likeness (QED) is 0.776. The van der Waals surface area contributed by atoms with E-state index in [0.29, 0.717) is 43.3 Å². The summed E-state index contributed by atoms with van der Waals surface area (Å²) in [6.45, 7) is 1.32. The Morgan fingerprint density at radius 3 is 2.65 bits per heavy atom. The lowest BCUT2D eigenvalue weighted by atomic mass is 10.1. The number of methoxy groups -OCH3 is 1. The maximum absolute atomic E-state index is 11.4. The third-order valence-corrected chi connectivity index (χ3v) is 5.24. The summed E-state index contributed by atoms with van der Waals surface area (Å²) in [7, 11) is -0.596. The van der Waals surface area contributed by atoms with Crippen LogP contribution in [0.2, 0.25) is 0 Å². The minimum Gasteiger partial charge on any atom is -0.480 e. The fourth-order valence-corrected chi connectivity index (χ4v) is 3.42. The van der Waals surface area contributed by atoms with Crippen molar-refractivity contribution < 1.29 is 13.2 Å². The molecule has 11 heteroatoms. The molecule has 126 valence electrons. The number of fused-ring (bicyclic) bond motifs is 1. The van der Waals surface area contributed by atoms with E-state index < -0.39 is 10.2 Å². The number of piperidine rings is 1. The summed E-state index contributed by atoms with van der Waals surface area (Å²) in [4.78, 5) is 10.7. The van der Waals surface area contributed by atoms with Gasteiger partial charge in [0.05, 0.1) is 13.3 Å². The van der Waals surface area contributed by atoms with E-state index in [9.17, 15) is 8.42 Å². The van der Waals surface area contributed by atoms with Gasteiger partial charge in [0.2, 0.25) is 11.5 Å². The van der Waals surface area contributed by atoms with E-state index in [1.807, 2.05) is 0 Å². The molecule has 0 bridgehead atoms. The molecule has 2 N–H and O–H groups in total. The predicted octanol–water partition coefficient (Wildman–Crippen LogP) is -0.763. The standard InChI is InChI=1S/C12H19N7O3S/c1-17(23(13,20)21)9-3-5-18(6-4-9)11-12-14-7-10(22-2)19(12)16-8-15-11/h7-9H,3-6H2,1-2H3,(H2,13,20,21). The molecular weight excluding hydrogens is 322 g/mol. The van der Waals surface area contributed by atoms with Crippen molar-refractivity contribution in [1.29, 1.82) is 0 Å². The van der Waals surface area contributed by atoms with Gasteiger partial charge in [-0.1, -0.05) is 0 Å². The van der Waals surface area contributed by atoms with Gasteiger partial charge in [-0.05, 0) is 12.8 Å². The molecule has 0 atom stereocenters. The number of hydrogen-bond acceptors (Lipinski definition) is 7. The smallest absolute Gasteiger partial charge is 0.276 e. The Bertz CT molecular complexity index is 798. The molecular formula is C12H19N7O3S. The van der Waals surface area contributed by atoms with Crippen LogP contribution in [0.15, 0.2) is 12.5 Å². The van der Waals surface area contributed by atoms with Crippen molar-refractivity contribution in [3.8, 4) is 5.88 Å². The summed E-state index contributed by atoms with van der Waals surface area (Å²) in [5.41, 5.74) is 0.614. The monoisotopic (exact) mass is 341 g/mol. The van der Waals surface area contributed by atoms with Crippen LogP contribution in [0.3, 0.4) is 0 Å². The Morgan fingerprint density at radius 2 is 2.04 bits per heavy atom. The number of rotatable bonds is 4. The highest BCUT2D eigenvalue weighted by Gasteiger charge is 2.29. The molecule has 1 fully saturated rings. The zero-order chi connectivity index (χ0) is 16.6. The van der Waals surface area contributed by atoms with Gasteiger partial charge in [0.25, 0.3) is 10.2 Å². The highest BCUT2D eigenvalue weighted by Crippen LogP contribution is 2.25. The van der Waals surface area contributed by atoms with Crippen molar-refractivity contribution in [3.05, 3.63) is 12.5 Å². The molecule has 0 saturated carbocycles. The second-order valence-electron chi connectivity index (χ2n) is 5.40. The van der Waals surface area contributed by atoms with E-state index in [2.05, 4.69) is 20.0 Å². The second-order valence-corrected chi connectivity index (χ2v) is 7.00. The number of ether oxygens (including phenoxy) is 1. The van der Waals surface area contributed by atoms with E-state index in [-0.39, 0.29) is 6.04 Å². The van der Waals surface area contributed by atoms with Crippen LogP contribution in [-0.2, 0) is 10.2 Å². The molecule has 1 aliphatic rings. The number of nitrogens with two attached hydrogens (primary N) is 1. The molecule has 0 aliphatic carbocycles. The Morgan fingerprint density at radius 1 is 1.35 bits per heavy atom. The SMILES string of the molecule is COc1cnc2c(N3CCC(N(C)S(N)(=O)=O)CC3)ncnn12. The topological polar surface area (TPSA) is 119 Å². The lowest BCUT2D eigenvalue weighted by Gasteiger charge is -2.35. The fourth-order valence-electron chi connectivity index (χ4n) is 2.80. The van der Waals surface area contributed by atoms with Gasteiger partial charge in [-0.15, -0.1) is 0 Å². The molecule has 3 heterocycles. The van der Waals surface area contributed by atoms with Gasteiger partial charge in [-0.2, -0.15) is 22.3 Å². The minimum absolute atomic E-state index is 0.103. The average Bonchev–Trinajstić information content (AvgIpc) is 2.96. The number of anilines is 1. The van der Waals surface area contributed by atoms with Crippen molar-refractivity contribution in [2.24, 2.45) is 5.14 Å². The first-order valence-electron chi connectivity index (χ1n) is 7.15. The maximum Gasteiger partial charge on any atom is 0.276 e. The molecule has 0 amide bonds. The van der Waals surface area contributed by atoms with E-state index in [1.54, 1.807) is 17.8 Å². The number of hydrogen-bond donors (Lipinski definition) is 1. The average molecular weight is 341 g/mol. The van der Waals surface area contributed by atoms with E-state index in [0.717, 1.165) is 0 Å². The minimum atomic E-state index is -3.66. The van der Waals surface area contributed by atoms with Crippen molar-refractivity contribution in [2.75, 3.05) is 32.1 Å². The Hall–Kier alpha value is -1.98.